The molecule has 0 atom stereocenters. The maximum absolute atomic E-state index is 12.3. The highest BCUT2D eigenvalue weighted by Crippen LogP contribution is 2.25. The highest BCUT2D eigenvalue weighted by molar-refractivity contribution is 7.13. The van der Waals surface area contributed by atoms with Crippen LogP contribution in [0.15, 0.2) is 70.8 Å². The summed E-state index contributed by atoms with van der Waals surface area (Å²) in [4.78, 5) is 25.2. The van der Waals surface area contributed by atoms with E-state index in [2.05, 4.69) is 20.6 Å². The molecule has 9 nitrogen and oxygen atoms in total. The number of aryl methyl sites for hydroxylation is 1. The maximum atomic E-state index is 12.3. The van der Waals surface area contributed by atoms with Crippen molar-refractivity contribution in [2.45, 2.75) is 13.5 Å². The zero-order valence-electron chi connectivity index (χ0n) is 17.0. The number of nitrogens with zero attached hydrogens (tertiary/aromatic N) is 6. The lowest BCUT2D eigenvalue weighted by Crippen LogP contribution is -2.29. The van der Waals surface area contributed by atoms with E-state index in [0.29, 0.717) is 22.9 Å². The fraction of sp³-hybridized carbons (Fsp3) is 0.0909. The number of carbonyl (C=O) groups is 1. The molecule has 0 fully saturated rings. The largest absolute Gasteiger partial charge is 0.324 e. The van der Waals surface area contributed by atoms with Crippen molar-refractivity contribution in [3.63, 3.8) is 0 Å². The molecule has 158 valence electrons. The Morgan fingerprint density at radius 1 is 1.00 bits per heavy atom. The van der Waals surface area contributed by atoms with E-state index in [0.717, 1.165) is 20.8 Å². The molecule has 0 radical (unpaired) electrons. The average Bonchev–Trinajstić information content (AvgIpc) is 3.46. The van der Waals surface area contributed by atoms with Gasteiger partial charge in [-0.1, -0.05) is 18.2 Å². The Bertz CT molecular complexity index is 1470. The molecular formula is C22H17N7O2S. The Morgan fingerprint density at radius 3 is 2.62 bits per heavy atom. The average molecular weight is 443 g/mol. The van der Waals surface area contributed by atoms with E-state index in [1.807, 2.05) is 41.8 Å². The van der Waals surface area contributed by atoms with Crippen LogP contribution in [0.5, 0.6) is 0 Å². The van der Waals surface area contributed by atoms with E-state index in [4.69, 9.17) is 5.10 Å². The van der Waals surface area contributed by atoms with Crippen molar-refractivity contribution in [1.29, 1.82) is 0 Å². The minimum atomic E-state index is -0.331. The summed E-state index contributed by atoms with van der Waals surface area (Å²) in [6.07, 6.45) is 0. The van der Waals surface area contributed by atoms with Crippen LogP contribution in [0, 0.1) is 6.92 Å². The molecule has 0 aliphatic carbocycles. The van der Waals surface area contributed by atoms with E-state index >= 15 is 0 Å². The summed E-state index contributed by atoms with van der Waals surface area (Å²) in [5, 5.41) is 22.0. The first-order valence-corrected chi connectivity index (χ1v) is 10.7. The number of anilines is 1. The maximum Gasteiger partial charge on any atom is 0.267 e. The fourth-order valence-electron chi connectivity index (χ4n) is 3.23. The molecule has 4 heterocycles. The third-order valence-corrected chi connectivity index (χ3v) is 5.63. The van der Waals surface area contributed by atoms with E-state index in [9.17, 15) is 9.59 Å². The molecule has 10 heteroatoms. The Hall–Kier alpha value is -4.18. The predicted octanol–water partition coefficient (Wildman–Crippen LogP) is 3.02. The SMILES string of the molecule is Cc1ccc(=O)n(CC(=O)Nc2ccc(-c3ccc4nnc(-c5cccs5)n4n3)cc2)n1. The van der Waals surface area contributed by atoms with Crippen LogP contribution in [0.25, 0.3) is 27.6 Å². The Morgan fingerprint density at radius 2 is 1.84 bits per heavy atom. The lowest BCUT2D eigenvalue weighted by Gasteiger charge is -2.08. The number of carbonyl (C=O) groups excluding carboxylic acids is 1. The summed E-state index contributed by atoms with van der Waals surface area (Å²) >= 11 is 1.58. The molecule has 4 aromatic heterocycles. The second-order valence-electron chi connectivity index (χ2n) is 7.09. The first-order valence-electron chi connectivity index (χ1n) is 9.78. The lowest BCUT2D eigenvalue weighted by atomic mass is 10.1. The van der Waals surface area contributed by atoms with Crippen LogP contribution in [0.2, 0.25) is 0 Å². The van der Waals surface area contributed by atoms with Crippen LogP contribution in [0.3, 0.4) is 0 Å². The molecule has 0 unspecified atom stereocenters. The molecule has 0 saturated heterocycles. The number of fused-ring (bicyclic) bond motifs is 1. The van der Waals surface area contributed by atoms with Crippen LogP contribution >= 0.6 is 11.3 Å². The first kappa shape index (κ1) is 19.8. The number of amides is 1. The fourth-order valence-corrected chi connectivity index (χ4v) is 3.92. The monoisotopic (exact) mass is 443 g/mol. The molecule has 0 bridgehead atoms. The molecule has 0 aliphatic heterocycles. The van der Waals surface area contributed by atoms with Gasteiger partial charge >= 0.3 is 0 Å². The molecule has 32 heavy (non-hydrogen) atoms. The molecule has 1 aromatic carbocycles. The number of benzene rings is 1. The number of hydrogen-bond acceptors (Lipinski definition) is 7. The van der Waals surface area contributed by atoms with Gasteiger partial charge in [0.1, 0.15) is 6.54 Å². The number of thiophene rings is 1. The predicted molar refractivity (Wildman–Crippen MR) is 121 cm³/mol. The zero-order valence-corrected chi connectivity index (χ0v) is 17.8. The minimum absolute atomic E-state index is 0.153. The van der Waals surface area contributed by atoms with Crippen LogP contribution in [-0.4, -0.2) is 35.5 Å². The molecule has 5 rings (SSSR count). The second kappa shape index (κ2) is 8.16. The molecule has 0 aliphatic rings. The van der Waals surface area contributed by atoms with Gasteiger partial charge in [-0.25, -0.2) is 4.68 Å². The molecule has 1 amide bonds. The van der Waals surface area contributed by atoms with Gasteiger partial charge < -0.3 is 5.32 Å². The molecule has 5 aromatic rings. The van der Waals surface area contributed by atoms with Crippen molar-refractivity contribution in [2.24, 2.45) is 0 Å². The summed E-state index contributed by atoms with van der Waals surface area (Å²) in [7, 11) is 0. The smallest absolute Gasteiger partial charge is 0.267 e. The topological polar surface area (TPSA) is 107 Å². The van der Waals surface area contributed by atoms with Crippen LogP contribution in [-0.2, 0) is 11.3 Å². The second-order valence-corrected chi connectivity index (χ2v) is 8.03. The third-order valence-electron chi connectivity index (χ3n) is 4.76. The molecule has 1 N–H and O–H groups in total. The van der Waals surface area contributed by atoms with Crippen molar-refractivity contribution in [3.8, 4) is 22.0 Å². The van der Waals surface area contributed by atoms with Gasteiger partial charge in [0.15, 0.2) is 11.5 Å². The van der Waals surface area contributed by atoms with Gasteiger partial charge in [-0.15, -0.1) is 21.5 Å². The number of rotatable bonds is 5. The van der Waals surface area contributed by atoms with E-state index in [-0.39, 0.29) is 18.0 Å². The zero-order chi connectivity index (χ0) is 22.1. The Kier molecular flexibility index (Phi) is 5.04. The summed E-state index contributed by atoms with van der Waals surface area (Å²) < 4.78 is 2.87. The number of hydrogen-bond donors (Lipinski definition) is 1. The van der Waals surface area contributed by atoms with E-state index in [1.165, 1.54) is 6.07 Å². The van der Waals surface area contributed by atoms with Crippen molar-refractivity contribution in [2.75, 3.05) is 5.32 Å². The van der Waals surface area contributed by atoms with Gasteiger partial charge in [0.25, 0.3) is 5.56 Å². The standard InChI is InChI=1S/C22H17N7O2S/c1-14-4-11-21(31)28(26-14)13-20(30)23-16-7-5-15(6-8-16)17-9-10-19-24-25-22(29(19)27-17)18-3-2-12-32-18/h2-12H,13H2,1H3,(H,23,30). The van der Waals surface area contributed by atoms with Gasteiger partial charge in [-0.2, -0.15) is 14.7 Å². The first-order chi connectivity index (χ1) is 15.6. The summed E-state index contributed by atoms with van der Waals surface area (Å²) in [5.74, 6) is 0.364. The van der Waals surface area contributed by atoms with Crippen molar-refractivity contribution < 1.29 is 4.79 Å². The van der Waals surface area contributed by atoms with Crippen molar-refractivity contribution in [3.05, 3.63) is 82.1 Å². The van der Waals surface area contributed by atoms with E-state index < -0.39 is 0 Å². The van der Waals surface area contributed by atoms with Gasteiger partial charge in [0, 0.05) is 17.3 Å². The number of nitrogens with one attached hydrogen (secondary N) is 1. The number of aromatic nitrogens is 6. The summed E-state index contributed by atoms with van der Waals surface area (Å²) in [5.41, 5.74) is 3.26. The lowest BCUT2D eigenvalue weighted by molar-refractivity contribution is -0.117. The van der Waals surface area contributed by atoms with Crippen molar-refractivity contribution in [1.82, 2.24) is 29.6 Å². The van der Waals surface area contributed by atoms with Crippen LogP contribution in [0.4, 0.5) is 5.69 Å². The highest BCUT2D eigenvalue weighted by atomic mass is 32.1. The quantitative estimate of drug-likeness (QED) is 0.447. The minimum Gasteiger partial charge on any atom is -0.324 e. The van der Waals surface area contributed by atoms with Gasteiger partial charge in [-0.05, 0) is 48.7 Å². The van der Waals surface area contributed by atoms with Gasteiger partial charge in [0.05, 0.1) is 16.3 Å². The third kappa shape index (κ3) is 3.91. The molecule has 0 saturated carbocycles. The molecular weight excluding hydrogens is 426 g/mol. The summed E-state index contributed by atoms with van der Waals surface area (Å²) in [6, 6.07) is 18.0. The van der Waals surface area contributed by atoms with Gasteiger partial charge in [0.2, 0.25) is 5.91 Å². The van der Waals surface area contributed by atoms with Crippen molar-refractivity contribution >= 4 is 28.6 Å². The normalized spacial score (nSPS) is 11.0. The van der Waals surface area contributed by atoms with Crippen LogP contribution < -0.4 is 10.9 Å². The van der Waals surface area contributed by atoms with Crippen LogP contribution in [0.1, 0.15) is 5.69 Å². The summed E-state index contributed by atoms with van der Waals surface area (Å²) in [6.45, 7) is 1.61. The Balaban J connectivity index is 1.35. The Labute approximate surface area is 186 Å². The molecule has 0 spiro atoms. The van der Waals surface area contributed by atoms with E-state index in [1.54, 1.807) is 41.0 Å². The highest BCUT2D eigenvalue weighted by Gasteiger charge is 2.12. The van der Waals surface area contributed by atoms with Gasteiger partial charge in [-0.3, -0.25) is 9.59 Å².